The van der Waals surface area contributed by atoms with Gasteiger partial charge in [-0.3, -0.25) is 0 Å². The highest BCUT2D eigenvalue weighted by atomic mass is 15.5. The highest BCUT2D eigenvalue weighted by Crippen LogP contribution is 2.56. The molecule has 0 atom stereocenters. The maximum Gasteiger partial charge on any atom is 0.151 e. The van der Waals surface area contributed by atoms with Crippen LogP contribution in [0, 0.1) is 55.4 Å². The first-order chi connectivity index (χ1) is 24.1. The molecule has 12 nitrogen and oxygen atoms in total. The van der Waals surface area contributed by atoms with E-state index in [2.05, 4.69) is 111 Å². The summed E-state index contributed by atoms with van der Waals surface area (Å²) < 4.78 is 0. The summed E-state index contributed by atoms with van der Waals surface area (Å²) in [5.74, 6) is 2.80. The number of hydrogen-bond donors (Lipinski definition) is 0. The molecule has 2 aromatic carbocycles. The van der Waals surface area contributed by atoms with Crippen molar-refractivity contribution in [2.24, 2.45) is 0 Å². The van der Waals surface area contributed by atoms with Crippen LogP contribution in [0.2, 0.25) is 0 Å². The van der Waals surface area contributed by atoms with Gasteiger partial charge in [0.25, 0.3) is 0 Å². The summed E-state index contributed by atoms with van der Waals surface area (Å²) in [6, 6.07) is 9.01. The normalized spacial score (nSPS) is 14.5. The molecule has 0 spiro atoms. The fourth-order valence-corrected chi connectivity index (χ4v) is 6.89. The third-order valence-electron chi connectivity index (χ3n) is 9.73. The number of hydrogen-bond acceptors (Lipinski definition) is 12. The lowest BCUT2D eigenvalue weighted by molar-refractivity contribution is 0.546. The van der Waals surface area contributed by atoms with Crippen molar-refractivity contribution in [3.8, 4) is 0 Å². The molecule has 50 heavy (non-hydrogen) atoms. The monoisotopic (exact) mass is 662 g/mol. The molecule has 12 heteroatoms. The molecular weight excluding hydrogens is 625 g/mol. The molecule has 2 aliphatic rings. The van der Waals surface area contributed by atoms with E-state index < -0.39 is 12.3 Å². The van der Waals surface area contributed by atoms with Crippen molar-refractivity contribution < 1.29 is 0 Å². The lowest BCUT2D eigenvalue weighted by Crippen LogP contribution is -2.58. The van der Waals surface area contributed by atoms with Gasteiger partial charge in [-0.15, -0.1) is 0 Å². The number of rotatable bonds is 5. The summed E-state index contributed by atoms with van der Waals surface area (Å²) in [6.45, 7) is 16.2. The average Bonchev–Trinajstić information content (AvgIpc) is 3.58. The number of benzene rings is 2. The fraction of sp³-hybridized carbons (Fsp3) is 0.263. The van der Waals surface area contributed by atoms with Crippen molar-refractivity contribution in [3.63, 3.8) is 0 Å². The zero-order valence-electron chi connectivity index (χ0n) is 29.4. The molecule has 0 N–H and O–H groups in total. The maximum atomic E-state index is 4.68. The van der Waals surface area contributed by atoms with Crippen LogP contribution in [0.15, 0.2) is 73.8 Å². The predicted octanol–water partition coefficient (Wildman–Crippen LogP) is 7.25. The summed E-state index contributed by atoms with van der Waals surface area (Å²) in [6.07, 6.45) is 14.3. The molecule has 0 saturated heterocycles. The van der Waals surface area contributed by atoms with Crippen molar-refractivity contribution in [1.29, 1.82) is 0 Å². The molecule has 250 valence electrons. The second kappa shape index (κ2) is 11.8. The molecule has 8 rings (SSSR count). The number of aryl methyl sites for hydroxylation is 8. The average molecular weight is 663 g/mol. The lowest BCUT2D eigenvalue weighted by atomic mass is 10.1. The summed E-state index contributed by atoms with van der Waals surface area (Å²) in [4.78, 5) is 46.8. The number of fused-ring (bicyclic) bond motifs is 2. The van der Waals surface area contributed by atoms with Crippen molar-refractivity contribution in [2.75, 3.05) is 19.6 Å². The predicted molar refractivity (Wildman–Crippen MR) is 195 cm³/mol. The van der Waals surface area contributed by atoms with Gasteiger partial charge in [-0.05, 0) is 102 Å². The summed E-state index contributed by atoms with van der Waals surface area (Å²) in [5, 5.41) is 0. The van der Waals surface area contributed by atoms with Crippen molar-refractivity contribution in [2.45, 2.75) is 67.7 Å². The third-order valence-corrected chi connectivity index (χ3v) is 9.73. The van der Waals surface area contributed by atoms with E-state index in [1.54, 1.807) is 0 Å². The van der Waals surface area contributed by atoms with Crippen LogP contribution in [0.1, 0.15) is 45.6 Å². The quantitative estimate of drug-likeness (QED) is 0.185. The van der Waals surface area contributed by atoms with E-state index in [9.17, 15) is 0 Å². The fourth-order valence-electron chi connectivity index (χ4n) is 6.89. The zero-order chi connectivity index (χ0) is 34.8. The lowest BCUT2D eigenvalue weighted by Gasteiger charge is -2.44. The molecule has 0 aliphatic carbocycles. The smallest absolute Gasteiger partial charge is 0.151 e. The van der Waals surface area contributed by atoms with E-state index >= 15 is 0 Å². The molecule has 6 heterocycles. The highest BCUT2D eigenvalue weighted by molar-refractivity contribution is 5.94. The van der Waals surface area contributed by atoms with Gasteiger partial charge in [0, 0.05) is 0 Å². The molecule has 0 radical (unpaired) electrons. The van der Waals surface area contributed by atoms with Crippen molar-refractivity contribution in [1.82, 2.24) is 39.9 Å². The zero-order valence-corrected chi connectivity index (χ0v) is 29.4. The molecule has 0 bridgehead atoms. The van der Waals surface area contributed by atoms with Gasteiger partial charge >= 0.3 is 0 Å². The largest absolute Gasteiger partial charge is 0.312 e. The van der Waals surface area contributed by atoms with Crippen LogP contribution in [-0.2, 0) is 0 Å². The van der Waals surface area contributed by atoms with E-state index in [0.29, 0.717) is 23.3 Å². The van der Waals surface area contributed by atoms with Gasteiger partial charge < -0.3 is 19.6 Å². The first-order valence-corrected chi connectivity index (χ1v) is 16.6. The number of anilines is 8. The Kier molecular flexibility index (Phi) is 7.39. The van der Waals surface area contributed by atoms with E-state index in [1.807, 2.05) is 77.3 Å². The van der Waals surface area contributed by atoms with E-state index in [0.717, 1.165) is 45.5 Å². The van der Waals surface area contributed by atoms with Crippen molar-refractivity contribution >= 4 is 45.5 Å². The molecule has 0 amide bonds. The van der Waals surface area contributed by atoms with Gasteiger partial charge in [-0.2, -0.15) is 0 Å². The Hall–Kier alpha value is -6.04. The molecule has 6 aromatic rings. The van der Waals surface area contributed by atoms with Gasteiger partial charge in [-0.1, -0.05) is 0 Å². The highest BCUT2D eigenvalue weighted by Gasteiger charge is 2.52. The molecule has 2 aliphatic heterocycles. The van der Waals surface area contributed by atoms with Crippen LogP contribution in [0.25, 0.3) is 0 Å². The van der Waals surface area contributed by atoms with Crippen LogP contribution in [0.5, 0.6) is 0 Å². The minimum atomic E-state index is -0.431. The van der Waals surface area contributed by atoms with E-state index in [4.69, 9.17) is 0 Å². The van der Waals surface area contributed by atoms with E-state index in [1.165, 1.54) is 22.3 Å². The summed E-state index contributed by atoms with van der Waals surface area (Å²) in [5.41, 5.74) is 12.2. The molecular formula is C38H38N12. The Bertz CT molecular complexity index is 1900. The van der Waals surface area contributed by atoms with Crippen molar-refractivity contribution in [3.05, 3.63) is 119 Å². The Labute approximate surface area is 291 Å². The molecule has 0 unspecified atom stereocenters. The molecule has 4 aromatic heterocycles. The first kappa shape index (κ1) is 31.2. The molecule has 0 saturated carbocycles. The summed E-state index contributed by atoms with van der Waals surface area (Å²) >= 11 is 0. The van der Waals surface area contributed by atoms with Crippen LogP contribution >= 0.6 is 0 Å². The molecule has 0 fully saturated rings. The second-order valence-corrected chi connectivity index (χ2v) is 13.1. The number of aromatic nitrogens is 8. The Balaban J connectivity index is 1.48. The third kappa shape index (κ3) is 5.06. The van der Waals surface area contributed by atoms with Gasteiger partial charge in [0.2, 0.25) is 0 Å². The second-order valence-electron chi connectivity index (χ2n) is 13.1. The van der Waals surface area contributed by atoms with Gasteiger partial charge in [0.05, 0.1) is 95.1 Å². The van der Waals surface area contributed by atoms with Gasteiger partial charge in [-0.25, -0.2) is 39.9 Å². The van der Waals surface area contributed by atoms with Gasteiger partial charge in [0.1, 0.15) is 23.3 Å². The Morgan fingerprint density at radius 1 is 0.320 bits per heavy atom. The van der Waals surface area contributed by atoms with E-state index in [-0.39, 0.29) is 0 Å². The SMILES string of the molecule is Cc1ncc(N2c3cc(C)c(C)cc3N(c3cnc(C)nc3)C2C2N(c3cnc(C)nc3)c3cc(C)c(C)cc3N2c2cnc(C)nc2)cn1. The minimum absolute atomic E-state index is 0.431. The van der Waals surface area contributed by atoms with Crippen LogP contribution in [-0.4, -0.2) is 52.2 Å². The number of nitrogens with zero attached hydrogens (tertiary/aromatic N) is 12. The summed E-state index contributed by atoms with van der Waals surface area (Å²) in [7, 11) is 0. The minimum Gasteiger partial charge on any atom is -0.312 e. The first-order valence-electron chi connectivity index (χ1n) is 16.6. The Morgan fingerprint density at radius 3 is 0.680 bits per heavy atom. The standard InChI is InChI=1S/C38H38N12/c1-21-9-33-34(10-22(21)2)48(30-15-41-26(6)42-16-30)37(47(33)29-13-39-25(5)40-14-29)38-49(31-17-43-27(7)44-18-31)35-11-23(3)24(4)12-36(35)50(38)32-19-45-28(8)46-20-32/h9-20,37-38H,1-8H3. The van der Waals surface area contributed by atoms with Crippen LogP contribution in [0.4, 0.5) is 45.5 Å². The van der Waals surface area contributed by atoms with Crippen LogP contribution < -0.4 is 19.6 Å². The maximum absolute atomic E-state index is 4.68. The van der Waals surface area contributed by atoms with Gasteiger partial charge in [0.15, 0.2) is 12.3 Å². The van der Waals surface area contributed by atoms with Crippen LogP contribution in [0.3, 0.4) is 0 Å². The Morgan fingerprint density at radius 2 is 0.500 bits per heavy atom. The topological polar surface area (TPSA) is 116 Å².